The zero-order valence-corrected chi connectivity index (χ0v) is 15.0. The van der Waals surface area contributed by atoms with Gasteiger partial charge in [0.25, 0.3) is 5.91 Å². The van der Waals surface area contributed by atoms with Crippen LogP contribution in [-0.2, 0) is 11.8 Å². The predicted molar refractivity (Wildman–Crippen MR) is 94.1 cm³/mol. The molecule has 2 aromatic rings. The zero-order valence-electron chi connectivity index (χ0n) is 15.0. The van der Waals surface area contributed by atoms with Crippen molar-refractivity contribution in [3.63, 3.8) is 0 Å². The molecule has 0 aliphatic heterocycles. The number of nitrogens with one attached hydrogen (secondary N) is 1. The van der Waals surface area contributed by atoms with Crippen molar-refractivity contribution in [1.82, 2.24) is 9.88 Å². The third-order valence-corrected chi connectivity index (χ3v) is 3.85. The molecule has 0 spiro atoms. The van der Waals surface area contributed by atoms with Crippen LogP contribution in [0.2, 0.25) is 0 Å². The summed E-state index contributed by atoms with van der Waals surface area (Å²) in [5.74, 6) is 1.30. The number of carbonyl (C=O) groups excluding carboxylic acids is 1. The van der Waals surface area contributed by atoms with Gasteiger partial charge >= 0.3 is 0 Å². The average Bonchev–Trinajstić information content (AvgIpc) is 2.91. The van der Waals surface area contributed by atoms with Crippen molar-refractivity contribution in [2.24, 2.45) is 7.05 Å². The molecule has 1 N–H and O–H groups in total. The van der Waals surface area contributed by atoms with E-state index in [1.807, 2.05) is 43.7 Å². The fourth-order valence-corrected chi connectivity index (χ4v) is 2.65. The van der Waals surface area contributed by atoms with Crippen molar-refractivity contribution in [2.45, 2.75) is 26.4 Å². The molecule has 0 unspecified atom stereocenters. The number of amides is 1. The highest BCUT2D eigenvalue weighted by atomic mass is 16.5. The van der Waals surface area contributed by atoms with Crippen molar-refractivity contribution in [3.05, 3.63) is 23.9 Å². The molecule has 0 aliphatic carbocycles. The quantitative estimate of drug-likeness (QED) is 0.754. The van der Waals surface area contributed by atoms with Gasteiger partial charge in [-0.25, -0.2) is 0 Å². The van der Waals surface area contributed by atoms with E-state index in [0.717, 1.165) is 17.3 Å². The van der Waals surface area contributed by atoms with Gasteiger partial charge in [-0.3, -0.25) is 4.79 Å². The summed E-state index contributed by atoms with van der Waals surface area (Å²) < 4.78 is 18.1. The van der Waals surface area contributed by atoms with Crippen molar-refractivity contribution < 1.29 is 19.0 Å². The Morgan fingerprint density at radius 3 is 2.50 bits per heavy atom. The maximum atomic E-state index is 12.5. The van der Waals surface area contributed by atoms with Crippen LogP contribution in [0.15, 0.2) is 18.2 Å². The summed E-state index contributed by atoms with van der Waals surface area (Å²) in [7, 11) is 5.08. The molecule has 1 heterocycles. The van der Waals surface area contributed by atoms with Gasteiger partial charge in [-0.15, -0.1) is 0 Å². The molecular weight excluding hydrogens is 308 g/mol. The van der Waals surface area contributed by atoms with Crippen molar-refractivity contribution in [2.75, 3.05) is 27.4 Å². The number of carbonyl (C=O) groups is 1. The van der Waals surface area contributed by atoms with Gasteiger partial charge in [-0.2, -0.15) is 0 Å². The van der Waals surface area contributed by atoms with Crippen LogP contribution in [0.3, 0.4) is 0 Å². The summed E-state index contributed by atoms with van der Waals surface area (Å²) in [5, 5.41) is 3.78. The van der Waals surface area contributed by atoms with E-state index >= 15 is 0 Å². The monoisotopic (exact) mass is 334 g/mol. The minimum Gasteiger partial charge on any atom is -0.496 e. The van der Waals surface area contributed by atoms with E-state index in [1.165, 1.54) is 0 Å². The summed E-state index contributed by atoms with van der Waals surface area (Å²) in [5.41, 5.74) is 1.41. The van der Waals surface area contributed by atoms with E-state index < -0.39 is 0 Å². The highest BCUT2D eigenvalue weighted by Gasteiger charge is 2.18. The molecule has 1 amide bonds. The Morgan fingerprint density at radius 2 is 1.88 bits per heavy atom. The van der Waals surface area contributed by atoms with Gasteiger partial charge in [0.05, 0.1) is 25.8 Å². The molecule has 0 atom stereocenters. The van der Waals surface area contributed by atoms with Crippen LogP contribution in [-0.4, -0.2) is 43.9 Å². The molecule has 6 nitrogen and oxygen atoms in total. The fraction of sp³-hybridized carbons (Fsp3) is 0.500. The molecule has 0 saturated carbocycles. The normalized spacial score (nSPS) is 11.1. The lowest BCUT2D eigenvalue weighted by molar-refractivity contribution is 0.0756. The molecule has 1 aromatic heterocycles. The van der Waals surface area contributed by atoms with Crippen LogP contribution in [0, 0.1) is 0 Å². The minimum absolute atomic E-state index is 0.123. The lowest BCUT2D eigenvalue weighted by atomic mass is 10.2. The zero-order chi connectivity index (χ0) is 17.7. The van der Waals surface area contributed by atoms with Crippen molar-refractivity contribution >= 4 is 16.8 Å². The molecule has 1 aromatic carbocycles. The Morgan fingerprint density at radius 1 is 1.21 bits per heavy atom. The summed E-state index contributed by atoms with van der Waals surface area (Å²) >= 11 is 0. The molecule has 132 valence electrons. The summed E-state index contributed by atoms with van der Waals surface area (Å²) in [6.07, 6.45) is 0.986. The topological polar surface area (TPSA) is 61.7 Å². The Bertz CT molecular complexity index is 707. The number of methoxy groups -OCH3 is 2. The number of hydrogen-bond acceptors (Lipinski definition) is 4. The van der Waals surface area contributed by atoms with Crippen molar-refractivity contribution in [1.29, 1.82) is 0 Å². The van der Waals surface area contributed by atoms with Crippen LogP contribution in [0.4, 0.5) is 0 Å². The number of ether oxygens (including phenoxy) is 3. The van der Waals surface area contributed by atoms with Gasteiger partial charge in [-0.1, -0.05) is 0 Å². The van der Waals surface area contributed by atoms with Gasteiger partial charge in [0, 0.05) is 25.6 Å². The third-order valence-electron chi connectivity index (χ3n) is 3.85. The highest BCUT2D eigenvalue weighted by molar-refractivity contribution is 6.02. The first-order valence-electron chi connectivity index (χ1n) is 8.09. The lowest BCUT2D eigenvalue weighted by Crippen LogP contribution is -2.27. The van der Waals surface area contributed by atoms with Gasteiger partial charge < -0.3 is 24.1 Å². The minimum atomic E-state index is -0.123. The van der Waals surface area contributed by atoms with Gasteiger partial charge in [0.15, 0.2) is 0 Å². The Labute approximate surface area is 142 Å². The van der Waals surface area contributed by atoms with E-state index in [-0.39, 0.29) is 12.0 Å². The van der Waals surface area contributed by atoms with E-state index in [0.29, 0.717) is 30.3 Å². The molecule has 0 saturated heterocycles. The number of nitrogens with zero attached hydrogens (tertiary/aromatic N) is 1. The Kier molecular flexibility index (Phi) is 6.09. The smallest absolute Gasteiger partial charge is 0.267 e. The van der Waals surface area contributed by atoms with Gasteiger partial charge in [-0.05, 0) is 38.5 Å². The van der Waals surface area contributed by atoms with E-state index in [4.69, 9.17) is 14.2 Å². The third kappa shape index (κ3) is 3.82. The predicted octanol–water partition coefficient (Wildman–Crippen LogP) is 2.74. The lowest BCUT2D eigenvalue weighted by Gasteiger charge is -2.10. The molecule has 0 radical (unpaired) electrons. The van der Waals surface area contributed by atoms with E-state index in [2.05, 4.69) is 5.32 Å². The largest absolute Gasteiger partial charge is 0.496 e. The van der Waals surface area contributed by atoms with Crippen LogP contribution < -0.4 is 14.8 Å². The van der Waals surface area contributed by atoms with Crippen molar-refractivity contribution in [3.8, 4) is 11.5 Å². The van der Waals surface area contributed by atoms with E-state index in [9.17, 15) is 4.79 Å². The number of aryl methyl sites for hydroxylation is 1. The highest BCUT2D eigenvalue weighted by Crippen LogP contribution is 2.35. The van der Waals surface area contributed by atoms with Crippen LogP contribution in [0.5, 0.6) is 11.5 Å². The molecule has 6 heteroatoms. The second-order valence-electron chi connectivity index (χ2n) is 5.85. The number of benzene rings is 1. The molecule has 2 rings (SSSR count). The summed E-state index contributed by atoms with van der Waals surface area (Å²) in [4.78, 5) is 12.5. The molecular formula is C18H26N2O4. The number of hydrogen-bond donors (Lipinski definition) is 1. The molecule has 0 aliphatic rings. The summed E-state index contributed by atoms with van der Waals surface area (Å²) in [6, 6.07) is 5.51. The van der Waals surface area contributed by atoms with Gasteiger partial charge in [0.2, 0.25) is 0 Å². The summed E-state index contributed by atoms with van der Waals surface area (Å²) in [6.45, 7) is 5.19. The standard InChI is InChI=1S/C18H26N2O4/c1-12(2)24-10-6-9-19-18(21)14-11-13-15(22-4)7-8-16(23-5)17(13)20(14)3/h7-8,11-12H,6,9-10H2,1-5H3,(H,19,21). The number of fused-ring (bicyclic) bond motifs is 1. The van der Waals surface area contributed by atoms with Crippen LogP contribution in [0.1, 0.15) is 30.8 Å². The Balaban J connectivity index is 2.17. The first kappa shape index (κ1) is 18.1. The molecule has 0 fully saturated rings. The molecule has 24 heavy (non-hydrogen) atoms. The SMILES string of the molecule is COc1ccc(OC)c2c1cc(C(=O)NCCCOC(C)C)n2C. The average molecular weight is 334 g/mol. The Hall–Kier alpha value is -2.21. The fourth-order valence-electron chi connectivity index (χ4n) is 2.65. The van der Waals surface area contributed by atoms with Gasteiger partial charge in [0.1, 0.15) is 17.2 Å². The van der Waals surface area contributed by atoms with E-state index in [1.54, 1.807) is 14.2 Å². The van der Waals surface area contributed by atoms with Crippen LogP contribution in [0.25, 0.3) is 10.9 Å². The number of rotatable bonds is 8. The first-order valence-corrected chi connectivity index (χ1v) is 8.09. The molecule has 0 bridgehead atoms. The number of aromatic nitrogens is 1. The maximum absolute atomic E-state index is 12.5. The maximum Gasteiger partial charge on any atom is 0.267 e. The first-order chi connectivity index (χ1) is 11.5. The van der Waals surface area contributed by atoms with Crippen LogP contribution >= 0.6 is 0 Å². The second kappa shape index (κ2) is 8.06. The second-order valence-corrected chi connectivity index (χ2v) is 5.85.